The molecule has 0 aliphatic rings. The summed E-state index contributed by atoms with van der Waals surface area (Å²) in [5, 5.41) is 23.2. The van der Waals surface area contributed by atoms with Crippen LogP contribution in [0.1, 0.15) is 22.5 Å². The molecule has 0 radical (unpaired) electrons. The number of rotatable bonds is 7. The van der Waals surface area contributed by atoms with Gasteiger partial charge in [-0.25, -0.2) is 0 Å². The van der Waals surface area contributed by atoms with Crippen molar-refractivity contribution in [1.29, 1.82) is 5.26 Å². The first kappa shape index (κ1) is 22.3. The molecule has 2 aromatic carbocycles. The lowest BCUT2D eigenvalue weighted by Gasteiger charge is -2.09. The maximum atomic E-state index is 12.6. The molecule has 0 saturated carbocycles. The second kappa shape index (κ2) is 9.62. The summed E-state index contributed by atoms with van der Waals surface area (Å²) in [6.45, 7) is 4.04. The Hall–Kier alpha value is -4.38. The molecule has 0 bridgehead atoms. The fourth-order valence-electron chi connectivity index (χ4n) is 3.38. The second-order valence-corrected chi connectivity index (χ2v) is 7.14. The maximum absolute atomic E-state index is 12.6. The van der Waals surface area contributed by atoms with Crippen molar-refractivity contribution in [3.05, 3.63) is 92.8 Å². The molecule has 3 rings (SSSR count). The second-order valence-electron chi connectivity index (χ2n) is 7.14. The molecule has 8 heteroatoms. The lowest BCUT2D eigenvalue weighted by atomic mass is 10.1. The van der Waals surface area contributed by atoms with Gasteiger partial charge in [0.1, 0.15) is 17.4 Å². The lowest BCUT2D eigenvalue weighted by molar-refractivity contribution is -0.384. The van der Waals surface area contributed by atoms with Crippen LogP contribution in [-0.4, -0.2) is 22.5 Å². The van der Waals surface area contributed by atoms with Crippen LogP contribution in [0.3, 0.4) is 0 Å². The predicted molar refractivity (Wildman–Crippen MR) is 120 cm³/mol. The van der Waals surface area contributed by atoms with Gasteiger partial charge in [-0.2, -0.15) is 5.26 Å². The van der Waals surface area contributed by atoms with Crippen LogP contribution in [0.4, 0.5) is 5.69 Å². The van der Waals surface area contributed by atoms with Crippen molar-refractivity contribution in [1.82, 2.24) is 9.88 Å². The van der Waals surface area contributed by atoms with Crippen molar-refractivity contribution >= 4 is 17.7 Å². The zero-order valence-corrected chi connectivity index (χ0v) is 18.0. The van der Waals surface area contributed by atoms with Crippen molar-refractivity contribution in [3.63, 3.8) is 0 Å². The number of nitro groups is 1. The lowest BCUT2D eigenvalue weighted by Crippen LogP contribution is -2.23. The molecule has 162 valence electrons. The van der Waals surface area contributed by atoms with Gasteiger partial charge in [0.2, 0.25) is 0 Å². The number of ether oxygens (including phenoxy) is 1. The third-order valence-corrected chi connectivity index (χ3v) is 5.07. The van der Waals surface area contributed by atoms with Gasteiger partial charge in [0.15, 0.2) is 0 Å². The van der Waals surface area contributed by atoms with Gasteiger partial charge in [-0.3, -0.25) is 14.9 Å². The molecule has 0 atom stereocenters. The highest BCUT2D eigenvalue weighted by Gasteiger charge is 2.14. The Morgan fingerprint density at radius 2 is 1.84 bits per heavy atom. The number of aryl methyl sites for hydroxylation is 1. The van der Waals surface area contributed by atoms with E-state index in [4.69, 9.17) is 4.74 Å². The van der Waals surface area contributed by atoms with E-state index in [1.807, 2.05) is 42.7 Å². The summed E-state index contributed by atoms with van der Waals surface area (Å²) in [4.78, 5) is 23.0. The quantitative estimate of drug-likeness (QED) is 0.261. The van der Waals surface area contributed by atoms with Crippen molar-refractivity contribution in [2.75, 3.05) is 7.11 Å². The van der Waals surface area contributed by atoms with Crippen molar-refractivity contribution in [2.24, 2.45) is 0 Å². The number of amides is 1. The van der Waals surface area contributed by atoms with E-state index in [9.17, 15) is 20.2 Å². The summed E-state index contributed by atoms with van der Waals surface area (Å²) in [6, 6.07) is 17.3. The van der Waals surface area contributed by atoms with Crippen LogP contribution >= 0.6 is 0 Å². The van der Waals surface area contributed by atoms with Crippen LogP contribution in [0.25, 0.3) is 11.8 Å². The summed E-state index contributed by atoms with van der Waals surface area (Å²) in [7, 11) is 1.58. The molecule has 0 unspecified atom stereocenters. The summed E-state index contributed by atoms with van der Waals surface area (Å²) in [5.41, 5.74) is 4.04. The Labute approximate surface area is 185 Å². The van der Waals surface area contributed by atoms with Crippen LogP contribution in [0.15, 0.2) is 60.2 Å². The minimum Gasteiger partial charge on any atom is -0.497 e. The molecule has 0 aliphatic carbocycles. The van der Waals surface area contributed by atoms with Crippen LogP contribution in [0.5, 0.6) is 5.75 Å². The largest absolute Gasteiger partial charge is 0.497 e. The Balaban J connectivity index is 1.80. The molecule has 1 heterocycles. The average molecular weight is 430 g/mol. The van der Waals surface area contributed by atoms with E-state index < -0.39 is 10.8 Å². The van der Waals surface area contributed by atoms with Gasteiger partial charge in [-0.15, -0.1) is 0 Å². The van der Waals surface area contributed by atoms with Gasteiger partial charge < -0.3 is 14.6 Å². The molecule has 3 aromatic rings. The third kappa shape index (κ3) is 4.84. The molecular formula is C24H22N4O4. The molecular weight excluding hydrogens is 408 g/mol. The standard InChI is InChI=1S/C24H22N4O4/c1-16-12-19(17(2)27(16)21-6-8-22(9-7-21)28(30)31)13-20(14-25)24(29)26-15-18-4-10-23(32-3)11-5-18/h4-13H,15H2,1-3H3,(H,26,29)/b20-13+. The summed E-state index contributed by atoms with van der Waals surface area (Å²) in [5.74, 6) is 0.254. The van der Waals surface area contributed by atoms with Gasteiger partial charge in [0.05, 0.1) is 12.0 Å². The molecule has 0 saturated heterocycles. The topological polar surface area (TPSA) is 110 Å². The molecule has 1 amide bonds. The molecule has 0 aliphatic heterocycles. The van der Waals surface area contributed by atoms with Crippen molar-refractivity contribution < 1.29 is 14.5 Å². The number of hydrogen-bond donors (Lipinski definition) is 1. The fraction of sp³-hybridized carbons (Fsp3) is 0.167. The van der Waals surface area contributed by atoms with E-state index in [2.05, 4.69) is 5.32 Å². The smallest absolute Gasteiger partial charge is 0.269 e. The number of benzene rings is 2. The number of carbonyl (C=O) groups is 1. The number of aromatic nitrogens is 1. The van der Waals surface area contributed by atoms with Gasteiger partial charge in [0.25, 0.3) is 11.6 Å². The molecule has 0 spiro atoms. The Morgan fingerprint density at radius 1 is 1.19 bits per heavy atom. The number of nitrogens with one attached hydrogen (secondary N) is 1. The van der Waals surface area contributed by atoms with E-state index >= 15 is 0 Å². The van der Waals surface area contributed by atoms with Crippen LogP contribution in [-0.2, 0) is 11.3 Å². The summed E-state index contributed by atoms with van der Waals surface area (Å²) in [6.07, 6.45) is 1.55. The predicted octanol–water partition coefficient (Wildman–Crippen LogP) is 4.23. The van der Waals surface area contributed by atoms with Crippen LogP contribution < -0.4 is 10.1 Å². The highest BCUT2D eigenvalue weighted by Crippen LogP contribution is 2.24. The van der Waals surface area contributed by atoms with Gasteiger partial charge in [-0.1, -0.05) is 12.1 Å². The first-order valence-corrected chi connectivity index (χ1v) is 9.80. The number of carbonyl (C=O) groups excluding carboxylic acids is 1. The molecule has 1 aromatic heterocycles. The molecule has 8 nitrogen and oxygen atoms in total. The first-order chi connectivity index (χ1) is 15.3. The third-order valence-electron chi connectivity index (χ3n) is 5.07. The highest BCUT2D eigenvalue weighted by molar-refractivity contribution is 6.01. The number of nitrogens with zero attached hydrogens (tertiary/aromatic N) is 3. The highest BCUT2D eigenvalue weighted by atomic mass is 16.6. The summed E-state index contributed by atoms with van der Waals surface area (Å²) >= 11 is 0. The number of nitriles is 1. The van der Waals surface area contributed by atoms with Crippen molar-refractivity contribution in [3.8, 4) is 17.5 Å². The monoisotopic (exact) mass is 430 g/mol. The van der Waals surface area contributed by atoms with E-state index in [1.165, 1.54) is 12.1 Å². The van der Waals surface area contributed by atoms with E-state index in [1.54, 1.807) is 37.5 Å². The van der Waals surface area contributed by atoms with E-state index in [-0.39, 0.29) is 17.8 Å². The van der Waals surface area contributed by atoms with Gasteiger partial charge >= 0.3 is 0 Å². The number of methoxy groups -OCH3 is 1. The van der Waals surface area contributed by atoms with Gasteiger partial charge in [0, 0.05) is 35.8 Å². The first-order valence-electron chi connectivity index (χ1n) is 9.80. The Bertz CT molecular complexity index is 1220. The normalized spacial score (nSPS) is 11.0. The minimum atomic E-state index is -0.469. The van der Waals surface area contributed by atoms with Crippen LogP contribution in [0, 0.1) is 35.3 Å². The average Bonchev–Trinajstić information content (AvgIpc) is 3.08. The number of non-ortho nitro benzene ring substituents is 1. The minimum absolute atomic E-state index is 0.0108. The zero-order valence-electron chi connectivity index (χ0n) is 18.0. The molecule has 1 N–H and O–H groups in total. The maximum Gasteiger partial charge on any atom is 0.269 e. The molecule has 32 heavy (non-hydrogen) atoms. The van der Waals surface area contributed by atoms with Gasteiger partial charge in [-0.05, 0) is 61.4 Å². The number of hydrogen-bond acceptors (Lipinski definition) is 5. The van der Waals surface area contributed by atoms with Crippen molar-refractivity contribution in [2.45, 2.75) is 20.4 Å². The van der Waals surface area contributed by atoms with E-state index in [0.29, 0.717) is 0 Å². The Kier molecular flexibility index (Phi) is 6.71. The number of nitro benzene ring substituents is 1. The van der Waals surface area contributed by atoms with Crippen LogP contribution in [0.2, 0.25) is 0 Å². The SMILES string of the molecule is COc1ccc(CNC(=O)/C(C#N)=C/c2cc(C)n(-c3ccc([N+](=O)[O-])cc3)c2C)cc1. The fourth-order valence-corrected chi connectivity index (χ4v) is 3.38. The molecule has 0 fully saturated rings. The summed E-state index contributed by atoms with van der Waals surface area (Å²) < 4.78 is 7.03. The Morgan fingerprint density at radius 3 is 2.41 bits per heavy atom. The zero-order chi connectivity index (χ0) is 23.3. The van der Waals surface area contributed by atoms with E-state index in [0.717, 1.165) is 34.0 Å².